The second kappa shape index (κ2) is 19.3. The summed E-state index contributed by atoms with van der Waals surface area (Å²) in [7, 11) is 0. The van der Waals surface area contributed by atoms with E-state index in [0.29, 0.717) is 70.6 Å². The molecule has 4 fully saturated rings. The van der Waals surface area contributed by atoms with E-state index in [9.17, 15) is 24.4 Å². The summed E-state index contributed by atoms with van der Waals surface area (Å²) in [5.41, 5.74) is 5.45. The molecule has 3 aromatic heterocycles. The number of hydrogen-bond acceptors (Lipinski definition) is 14. The van der Waals surface area contributed by atoms with E-state index in [2.05, 4.69) is 65.1 Å². The lowest BCUT2D eigenvalue weighted by molar-refractivity contribution is -0.136. The SMILES string of the molecule is Cc1nn(C2CCC(=O)NC2=O)c(=O)c2ccc(C3CNCCN3C3CCN3C(C)C3CC(COc4ccnc(-c5ccc(Cc6cc(-c7cccc(C#N)c7)n[nH]c6=O)cc5)n4)CCN3)cc12. The molecule has 348 valence electrons. The zero-order chi connectivity index (χ0) is 46.9. The fourth-order valence-electron chi connectivity index (χ4n) is 10.4. The van der Waals surface area contributed by atoms with Crippen LogP contribution < -0.4 is 31.8 Å². The van der Waals surface area contributed by atoms with Crippen LogP contribution in [0.25, 0.3) is 33.4 Å². The largest absolute Gasteiger partial charge is 0.477 e. The molecule has 4 N–H and O–H groups in total. The van der Waals surface area contributed by atoms with Gasteiger partial charge in [-0.2, -0.15) is 20.4 Å². The molecule has 0 saturated carbocycles. The molecule has 4 saturated heterocycles. The number of aromatic nitrogens is 6. The van der Waals surface area contributed by atoms with Gasteiger partial charge in [-0.3, -0.25) is 34.3 Å². The molecule has 2 amide bonds. The number of aryl methyl sites for hydroxylation is 1. The number of benzene rings is 3. The number of carbonyl (C=O) groups excluding carboxylic acids is 2. The van der Waals surface area contributed by atoms with Crippen LogP contribution in [0.4, 0.5) is 0 Å². The van der Waals surface area contributed by atoms with Crippen molar-refractivity contribution in [2.75, 3.05) is 39.3 Å². The van der Waals surface area contributed by atoms with Crippen molar-refractivity contribution in [3.05, 3.63) is 134 Å². The van der Waals surface area contributed by atoms with Crippen molar-refractivity contribution in [1.82, 2.24) is 55.7 Å². The minimum Gasteiger partial charge on any atom is -0.477 e. The number of nitrogens with zero attached hydrogens (tertiary/aromatic N) is 8. The number of H-pyrrole nitrogens is 1. The summed E-state index contributed by atoms with van der Waals surface area (Å²) < 4.78 is 7.61. The molecule has 6 atom stereocenters. The van der Waals surface area contributed by atoms with E-state index in [1.165, 1.54) is 4.68 Å². The number of fused-ring (bicyclic) bond motifs is 1. The maximum Gasteiger partial charge on any atom is 0.275 e. The first-order valence-corrected chi connectivity index (χ1v) is 23.6. The highest BCUT2D eigenvalue weighted by molar-refractivity contribution is 5.99. The maximum absolute atomic E-state index is 13.7. The highest BCUT2D eigenvalue weighted by Crippen LogP contribution is 2.36. The van der Waals surface area contributed by atoms with Crippen LogP contribution in [0.3, 0.4) is 0 Å². The number of nitriles is 1. The van der Waals surface area contributed by atoms with Crippen molar-refractivity contribution in [3.8, 4) is 34.6 Å². The number of piperazine rings is 1. The first-order chi connectivity index (χ1) is 33.1. The van der Waals surface area contributed by atoms with Crippen LogP contribution in [-0.2, 0) is 16.0 Å². The minimum absolute atomic E-state index is 0.106. The van der Waals surface area contributed by atoms with Crippen molar-refractivity contribution < 1.29 is 14.3 Å². The zero-order valence-electron chi connectivity index (χ0n) is 38.2. The molecule has 0 aliphatic carbocycles. The summed E-state index contributed by atoms with van der Waals surface area (Å²) in [6.45, 7) is 9.29. The molecular weight excluding hydrogens is 861 g/mol. The van der Waals surface area contributed by atoms with E-state index < -0.39 is 11.9 Å². The Balaban J connectivity index is 0.758. The van der Waals surface area contributed by atoms with E-state index in [-0.39, 0.29) is 42.1 Å². The predicted octanol–water partition coefficient (Wildman–Crippen LogP) is 4.17. The Morgan fingerprint density at radius 3 is 2.59 bits per heavy atom. The summed E-state index contributed by atoms with van der Waals surface area (Å²) in [6, 6.07) is 26.6. The van der Waals surface area contributed by atoms with Crippen LogP contribution in [0.5, 0.6) is 5.88 Å². The topological polar surface area (TPSA) is 216 Å². The van der Waals surface area contributed by atoms with E-state index in [1.807, 2.05) is 49.4 Å². The lowest BCUT2D eigenvalue weighted by Gasteiger charge is -2.55. The summed E-state index contributed by atoms with van der Waals surface area (Å²) >= 11 is 0. The maximum atomic E-state index is 13.7. The van der Waals surface area contributed by atoms with Crippen LogP contribution in [0, 0.1) is 24.2 Å². The molecule has 7 heterocycles. The lowest BCUT2D eigenvalue weighted by atomic mass is 9.87. The Hall–Kier alpha value is -6.97. The first kappa shape index (κ1) is 44.8. The molecule has 3 aromatic carbocycles. The third-order valence-electron chi connectivity index (χ3n) is 14.2. The van der Waals surface area contributed by atoms with Gasteiger partial charge in [0.1, 0.15) is 6.04 Å². The summed E-state index contributed by atoms with van der Waals surface area (Å²) in [5, 5.41) is 31.8. The Morgan fingerprint density at radius 1 is 0.912 bits per heavy atom. The Bertz CT molecular complexity index is 3040. The van der Waals surface area contributed by atoms with Crippen molar-refractivity contribution in [2.45, 2.75) is 82.7 Å². The first-order valence-electron chi connectivity index (χ1n) is 23.6. The molecule has 0 radical (unpaired) electrons. The molecule has 6 unspecified atom stereocenters. The van der Waals surface area contributed by atoms with Crippen LogP contribution in [0.2, 0.25) is 0 Å². The number of rotatable bonds is 12. The standard InChI is InChI=1S/C51H54N12O5/c1-30-40-25-37(10-11-39(40)51(67)63(60-30)43-12-13-45(64)56-50(43)66)44-28-53-19-21-62(44)47-16-20-61(47)31(2)41-24-34(14-17-54-41)29-68-46-15-18-55-48(57-46)35-8-6-32(7-9-35)22-38-26-42(58-59-49(38)65)36-5-3-4-33(23-36)27-52/h3-11,15,18,23,25-26,31,34,41,43-44,47,53-54H,12-14,16-17,19-22,24,28-29H2,1-2H3,(H,59,65)(H,56,64,66). The van der Waals surface area contributed by atoms with Crippen LogP contribution in [-0.4, -0.2) is 109 Å². The Kier molecular flexibility index (Phi) is 12.7. The van der Waals surface area contributed by atoms with Crippen molar-refractivity contribution in [2.24, 2.45) is 5.92 Å². The molecule has 4 aliphatic rings. The molecule has 0 spiro atoms. The second-order valence-corrected chi connectivity index (χ2v) is 18.5. The fraction of sp³-hybridized carbons (Fsp3) is 0.392. The quantitative estimate of drug-likeness (QED) is 0.127. The average Bonchev–Trinajstić information content (AvgIpc) is 3.35. The number of imide groups is 1. The number of carbonyl (C=O) groups is 2. The summed E-state index contributed by atoms with van der Waals surface area (Å²) in [6.07, 6.45) is 5.91. The average molecular weight is 915 g/mol. The molecule has 68 heavy (non-hydrogen) atoms. The third kappa shape index (κ3) is 9.20. The molecule has 4 aliphatic heterocycles. The van der Waals surface area contributed by atoms with Crippen molar-refractivity contribution in [1.29, 1.82) is 5.26 Å². The fourth-order valence-corrected chi connectivity index (χ4v) is 10.4. The van der Waals surface area contributed by atoms with Gasteiger partial charge in [-0.25, -0.2) is 14.8 Å². The molecule has 17 heteroatoms. The smallest absolute Gasteiger partial charge is 0.275 e. The molecular formula is C51H54N12O5. The Morgan fingerprint density at radius 2 is 1.78 bits per heavy atom. The van der Waals surface area contributed by atoms with Crippen LogP contribution in [0.15, 0.2) is 94.6 Å². The zero-order valence-corrected chi connectivity index (χ0v) is 38.2. The van der Waals surface area contributed by atoms with Gasteiger partial charge in [-0.05, 0) is 93.5 Å². The van der Waals surface area contributed by atoms with E-state index in [0.717, 1.165) is 79.6 Å². The van der Waals surface area contributed by atoms with Gasteiger partial charge < -0.3 is 15.4 Å². The minimum atomic E-state index is -0.808. The van der Waals surface area contributed by atoms with Gasteiger partial charge in [0.2, 0.25) is 11.8 Å². The number of piperidine rings is 2. The van der Waals surface area contributed by atoms with Crippen LogP contribution in [0.1, 0.15) is 79.1 Å². The van der Waals surface area contributed by atoms with Crippen LogP contribution >= 0.6 is 0 Å². The summed E-state index contributed by atoms with van der Waals surface area (Å²) in [4.78, 5) is 65.4. The number of ether oxygens (including phenoxy) is 1. The predicted molar refractivity (Wildman–Crippen MR) is 254 cm³/mol. The molecule has 10 rings (SSSR count). The molecule has 0 bridgehead atoms. The van der Waals surface area contributed by atoms with Gasteiger partial charge >= 0.3 is 0 Å². The Labute approximate surface area is 392 Å². The van der Waals surface area contributed by atoms with Gasteiger partial charge in [-0.15, -0.1) is 0 Å². The second-order valence-electron chi connectivity index (χ2n) is 18.5. The lowest BCUT2D eigenvalue weighted by Crippen LogP contribution is -2.67. The summed E-state index contributed by atoms with van der Waals surface area (Å²) in [5.74, 6) is 0.631. The van der Waals surface area contributed by atoms with Gasteiger partial charge in [0, 0.05) is 91.5 Å². The van der Waals surface area contributed by atoms with Gasteiger partial charge in [0.15, 0.2) is 5.82 Å². The van der Waals surface area contributed by atoms with Crippen molar-refractivity contribution >= 4 is 22.6 Å². The number of nitrogens with one attached hydrogen (secondary N) is 4. The molecule has 6 aromatic rings. The number of amides is 2. The monoisotopic (exact) mass is 914 g/mol. The number of likely N-dealkylation sites (tertiary alicyclic amines) is 1. The van der Waals surface area contributed by atoms with Crippen molar-refractivity contribution in [3.63, 3.8) is 0 Å². The van der Waals surface area contributed by atoms with Gasteiger partial charge in [0.25, 0.3) is 17.0 Å². The highest BCUT2D eigenvalue weighted by Gasteiger charge is 2.43. The van der Waals surface area contributed by atoms with E-state index in [4.69, 9.17) is 9.72 Å². The van der Waals surface area contributed by atoms with E-state index in [1.54, 1.807) is 36.5 Å². The normalized spacial score (nSPS) is 22.8. The number of hydrogen-bond donors (Lipinski definition) is 4. The van der Waals surface area contributed by atoms with Gasteiger partial charge in [0.05, 0.1) is 41.2 Å². The van der Waals surface area contributed by atoms with E-state index >= 15 is 0 Å². The highest BCUT2D eigenvalue weighted by atomic mass is 16.5. The van der Waals surface area contributed by atoms with Gasteiger partial charge in [-0.1, -0.05) is 42.5 Å². The number of aromatic amines is 1. The molecule has 17 nitrogen and oxygen atoms in total. The third-order valence-corrected chi connectivity index (χ3v) is 14.2.